The van der Waals surface area contributed by atoms with Crippen molar-refractivity contribution in [3.8, 4) is 0 Å². The summed E-state index contributed by atoms with van der Waals surface area (Å²) in [4.78, 5) is 15.5. The Balaban J connectivity index is 2.01. The number of carboxylic acids is 1. The minimum Gasteiger partial charge on any atom is -0.478 e. The molecule has 2 rings (SSSR count). The average molecular weight is 280 g/mol. The molecule has 1 atom stereocenters. The maximum atomic E-state index is 13.6. The summed E-state index contributed by atoms with van der Waals surface area (Å²) in [6.07, 6.45) is 0. The van der Waals surface area contributed by atoms with Crippen LogP contribution in [-0.2, 0) is 6.54 Å². The smallest absolute Gasteiger partial charge is 0.338 e. The zero-order valence-corrected chi connectivity index (χ0v) is 12.0. The lowest BCUT2D eigenvalue weighted by Gasteiger charge is -2.39. The van der Waals surface area contributed by atoms with Gasteiger partial charge in [-0.2, -0.15) is 0 Å². The molecule has 0 spiro atoms. The lowest BCUT2D eigenvalue weighted by atomic mass is 10.1. The Hall–Kier alpha value is -1.46. The van der Waals surface area contributed by atoms with E-state index in [-0.39, 0.29) is 5.56 Å². The van der Waals surface area contributed by atoms with Crippen molar-refractivity contribution in [1.82, 2.24) is 9.80 Å². The third-order valence-corrected chi connectivity index (χ3v) is 3.93. The molecule has 1 N–H and O–H groups in total. The summed E-state index contributed by atoms with van der Waals surface area (Å²) >= 11 is 0. The van der Waals surface area contributed by atoms with E-state index in [4.69, 9.17) is 5.11 Å². The molecule has 110 valence electrons. The van der Waals surface area contributed by atoms with E-state index in [1.54, 1.807) is 6.07 Å². The van der Waals surface area contributed by atoms with Crippen LogP contribution in [0.2, 0.25) is 0 Å². The van der Waals surface area contributed by atoms with Crippen LogP contribution in [0.5, 0.6) is 0 Å². The third kappa shape index (κ3) is 3.35. The van der Waals surface area contributed by atoms with Crippen molar-refractivity contribution in [2.75, 3.05) is 26.2 Å². The lowest BCUT2D eigenvalue weighted by Crippen LogP contribution is -2.51. The number of aromatic carboxylic acids is 1. The fourth-order valence-electron chi connectivity index (χ4n) is 2.77. The minimum atomic E-state index is -1.22. The zero-order valence-electron chi connectivity index (χ0n) is 12.0. The lowest BCUT2D eigenvalue weighted by molar-refractivity contribution is 0.0691. The second kappa shape index (κ2) is 6.33. The fraction of sp³-hybridized carbons (Fsp3) is 0.533. The van der Waals surface area contributed by atoms with Gasteiger partial charge in [0, 0.05) is 32.2 Å². The summed E-state index contributed by atoms with van der Waals surface area (Å²) in [5.74, 6) is -1.88. The molecule has 1 aliphatic rings. The highest BCUT2D eigenvalue weighted by Crippen LogP contribution is 2.15. The molecule has 1 aromatic carbocycles. The number of halogens is 1. The second-order valence-corrected chi connectivity index (χ2v) is 5.33. The molecule has 0 amide bonds. The molecule has 1 aliphatic heterocycles. The Morgan fingerprint density at radius 1 is 1.45 bits per heavy atom. The number of nitrogens with zero attached hydrogens (tertiary/aromatic N) is 2. The van der Waals surface area contributed by atoms with Crippen molar-refractivity contribution in [2.24, 2.45) is 0 Å². The topological polar surface area (TPSA) is 43.8 Å². The predicted octanol–water partition coefficient (Wildman–Crippen LogP) is 2.05. The molecule has 4 nitrogen and oxygen atoms in total. The number of benzene rings is 1. The van der Waals surface area contributed by atoms with E-state index in [0.29, 0.717) is 12.6 Å². The third-order valence-electron chi connectivity index (χ3n) is 3.93. The maximum absolute atomic E-state index is 13.6. The highest BCUT2D eigenvalue weighted by Gasteiger charge is 2.22. The van der Waals surface area contributed by atoms with Crippen LogP contribution in [-0.4, -0.2) is 53.1 Å². The van der Waals surface area contributed by atoms with Gasteiger partial charge in [-0.15, -0.1) is 0 Å². The van der Waals surface area contributed by atoms with Gasteiger partial charge in [-0.3, -0.25) is 9.80 Å². The van der Waals surface area contributed by atoms with Gasteiger partial charge in [0.2, 0.25) is 0 Å². The summed E-state index contributed by atoms with van der Waals surface area (Å²) < 4.78 is 13.6. The first-order valence-electron chi connectivity index (χ1n) is 6.99. The molecule has 0 saturated carbocycles. The first kappa shape index (κ1) is 14.9. The van der Waals surface area contributed by atoms with E-state index < -0.39 is 11.8 Å². The molecule has 1 aromatic rings. The largest absolute Gasteiger partial charge is 0.478 e. The molecule has 1 saturated heterocycles. The summed E-state index contributed by atoms with van der Waals surface area (Å²) in [5.41, 5.74) is 0.558. The number of rotatable bonds is 4. The van der Waals surface area contributed by atoms with Crippen molar-refractivity contribution < 1.29 is 14.3 Å². The van der Waals surface area contributed by atoms with Crippen molar-refractivity contribution >= 4 is 5.97 Å². The van der Waals surface area contributed by atoms with Gasteiger partial charge < -0.3 is 5.11 Å². The molecule has 0 bridgehead atoms. The van der Waals surface area contributed by atoms with Crippen LogP contribution >= 0.6 is 0 Å². The Bertz CT molecular complexity index is 493. The van der Waals surface area contributed by atoms with Crippen molar-refractivity contribution in [3.63, 3.8) is 0 Å². The molecular weight excluding hydrogens is 259 g/mol. The molecule has 0 aromatic heterocycles. The Kier molecular flexibility index (Phi) is 4.73. The molecule has 1 unspecified atom stereocenters. The number of likely N-dealkylation sites (N-methyl/N-ethyl adjacent to an activating group) is 1. The predicted molar refractivity (Wildman–Crippen MR) is 75.3 cm³/mol. The van der Waals surface area contributed by atoms with E-state index in [0.717, 1.165) is 31.7 Å². The fourth-order valence-corrected chi connectivity index (χ4v) is 2.77. The number of hydrogen-bond acceptors (Lipinski definition) is 3. The van der Waals surface area contributed by atoms with E-state index in [1.165, 1.54) is 12.1 Å². The van der Waals surface area contributed by atoms with Crippen LogP contribution in [0.25, 0.3) is 0 Å². The van der Waals surface area contributed by atoms with Gasteiger partial charge in [-0.05, 0) is 31.2 Å². The molecule has 0 aliphatic carbocycles. The molecule has 1 heterocycles. The first-order chi connectivity index (χ1) is 9.51. The van der Waals surface area contributed by atoms with Gasteiger partial charge in [0.1, 0.15) is 5.82 Å². The first-order valence-corrected chi connectivity index (χ1v) is 6.99. The summed E-state index contributed by atoms with van der Waals surface area (Å²) in [6.45, 7) is 9.01. The Morgan fingerprint density at radius 2 is 2.20 bits per heavy atom. The summed E-state index contributed by atoms with van der Waals surface area (Å²) in [7, 11) is 0. The Morgan fingerprint density at radius 3 is 2.75 bits per heavy atom. The number of hydrogen-bond donors (Lipinski definition) is 1. The van der Waals surface area contributed by atoms with Crippen molar-refractivity contribution in [1.29, 1.82) is 0 Å². The maximum Gasteiger partial charge on any atom is 0.338 e. The van der Waals surface area contributed by atoms with Crippen LogP contribution < -0.4 is 0 Å². The van der Waals surface area contributed by atoms with Crippen molar-refractivity contribution in [2.45, 2.75) is 26.4 Å². The summed E-state index contributed by atoms with van der Waals surface area (Å²) in [6, 6.07) is 4.87. The minimum absolute atomic E-state index is 0.266. The van der Waals surface area contributed by atoms with Gasteiger partial charge >= 0.3 is 5.97 Å². The average Bonchev–Trinajstić information content (AvgIpc) is 2.38. The molecular formula is C15H21FN2O2. The van der Waals surface area contributed by atoms with Crippen LogP contribution in [0.4, 0.5) is 4.39 Å². The van der Waals surface area contributed by atoms with E-state index in [9.17, 15) is 9.18 Å². The highest BCUT2D eigenvalue weighted by atomic mass is 19.1. The monoisotopic (exact) mass is 280 g/mol. The second-order valence-electron chi connectivity index (χ2n) is 5.33. The Labute approximate surface area is 118 Å². The molecule has 1 fully saturated rings. The van der Waals surface area contributed by atoms with Gasteiger partial charge in [0.15, 0.2) is 0 Å². The number of carbonyl (C=O) groups is 1. The molecule has 0 radical (unpaired) electrons. The van der Waals surface area contributed by atoms with Crippen LogP contribution in [0.15, 0.2) is 18.2 Å². The van der Waals surface area contributed by atoms with Gasteiger partial charge in [0.05, 0.1) is 5.56 Å². The van der Waals surface area contributed by atoms with Gasteiger partial charge in [-0.25, -0.2) is 9.18 Å². The normalized spacial score (nSPS) is 21.1. The zero-order chi connectivity index (χ0) is 14.7. The number of piperazine rings is 1. The quantitative estimate of drug-likeness (QED) is 0.916. The van der Waals surface area contributed by atoms with Crippen molar-refractivity contribution in [3.05, 3.63) is 35.1 Å². The van der Waals surface area contributed by atoms with E-state index in [2.05, 4.69) is 23.6 Å². The van der Waals surface area contributed by atoms with E-state index >= 15 is 0 Å². The number of carboxylic acid groups (broad SMARTS) is 1. The van der Waals surface area contributed by atoms with Gasteiger partial charge in [-0.1, -0.05) is 13.0 Å². The van der Waals surface area contributed by atoms with E-state index in [1.807, 2.05) is 0 Å². The summed E-state index contributed by atoms with van der Waals surface area (Å²) in [5, 5.41) is 8.81. The molecule has 5 heteroatoms. The van der Waals surface area contributed by atoms with Crippen LogP contribution in [0, 0.1) is 5.82 Å². The molecule has 20 heavy (non-hydrogen) atoms. The standard InChI is InChI=1S/C15H21FN2O2/c1-3-18-7-6-17(9-11(18)2)10-12-4-5-13(15(19)20)14(16)8-12/h4-5,8,11H,3,6-7,9-10H2,1-2H3,(H,19,20). The van der Waals surface area contributed by atoms with Gasteiger partial charge in [0.25, 0.3) is 0 Å². The van der Waals surface area contributed by atoms with Crippen LogP contribution in [0.1, 0.15) is 29.8 Å². The van der Waals surface area contributed by atoms with Crippen LogP contribution in [0.3, 0.4) is 0 Å². The SMILES string of the molecule is CCN1CCN(Cc2ccc(C(=O)O)c(F)c2)CC1C. The highest BCUT2D eigenvalue weighted by molar-refractivity contribution is 5.87.